The second-order valence-corrected chi connectivity index (χ2v) is 7.11. The van der Waals surface area contributed by atoms with Crippen LogP contribution in [0.25, 0.3) is 22.3 Å². The molecule has 0 fully saturated rings. The van der Waals surface area contributed by atoms with Gasteiger partial charge in [0, 0.05) is 14.5 Å². The Morgan fingerprint density at radius 1 is 1.17 bits per heavy atom. The van der Waals surface area contributed by atoms with Gasteiger partial charge in [-0.1, -0.05) is 53.5 Å². The SMILES string of the molecule is CCCc1ccc(-c2nc3c(Br)cc(Br)cc3c(=O)n2N)cc1. The summed E-state index contributed by atoms with van der Waals surface area (Å²) in [5, 5.41) is 0.472. The van der Waals surface area contributed by atoms with Crippen LogP contribution in [0.2, 0.25) is 0 Å². The Hall–Kier alpha value is -1.66. The molecular formula is C17H15Br2N3O. The molecule has 3 rings (SSSR count). The molecule has 3 aromatic rings. The molecular weight excluding hydrogens is 422 g/mol. The molecule has 0 amide bonds. The van der Waals surface area contributed by atoms with Crippen LogP contribution in [-0.2, 0) is 6.42 Å². The molecule has 0 saturated carbocycles. The fourth-order valence-electron chi connectivity index (χ4n) is 2.54. The van der Waals surface area contributed by atoms with Crippen LogP contribution in [0, 0.1) is 0 Å². The van der Waals surface area contributed by atoms with Gasteiger partial charge in [-0.15, -0.1) is 0 Å². The zero-order valence-electron chi connectivity index (χ0n) is 12.5. The molecule has 0 radical (unpaired) electrons. The van der Waals surface area contributed by atoms with Crippen molar-refractivity contribution in [2.45, 2.75) is 19.8 Å². The van der Waals surface area contributed by atoms with Crippen molar-refractivity contribution in [1.29, 1.82) is 0 Å². The van der Waals surface area contributed by atoms with Gasteiger partial charge in [0.2, 0.25) is 0 Å². The number of nitrogens with two attached hydrogens (primary N) is 1. The summed E-state index contributed by atoms with van der Waals surface area (Å²) in [6.45, 7) is 2.14. The van der Waals surface area contributed by atoms with Crippen molar-refractivity contribution in [1.82, 2.24) is 9.66 Å². The third kappa shape index (κ3) is 3.05. The molecule has 0 unspecified atom stereocenters. The summed E-state index contributed by atoms with van der Waals surface area (Å²) in [4.78, 5) is 17.1. The standard InChI is InChI=1S/C17H15Br2N3O/c1-2-3-10-4-6-11(7-5-10)16-21-15-13(17(23)22(16)20)8-12(18)9-14(15)19/h4-9H,2-3,20H2,1H3. The van der Waals surface area contributed by atoms with Crippen LogP contribution in [0.15, 0.2) is 50.1 Å². The molecule has 118 valence electrons. The zero-order chi connectivity index (χ0) is 16.6. The Bertz CT molecular complexity index is 933. The molecule has 2 N–H and O–H groups in total. The molecule has 1 heterocycles. The van der Waals surface area contributed by atoms with E-state index in [2.05, 4.69) is 43.8 Å². The number of hydrogen-bond donors (Lipinski definition) is 1. The molecule has 23 heavy (non-hydrogen) atoms. The average Bonchev–Trinajstić information content (AvgIpc) is 2.53. The van der Waals surface area contributed by atoms with Crippen LogP contribution in [0.5, 0.6) is 0 Å². The molecule has 6 heteroatoms. The lowest BCUT2D eigenvalue weighted by molar-refractivity contribution is 0.916. The van der Waals surface area contributed by atoms with E-state index < -0.39 is 0 Å². The number of aromatic nitrogens is 2. The van der Waals surface area contributed by atoms with Crippen LogP contribution in [0.4, 0.5) is 0 Å². The van der Waals surface area contributed by atoms with Gasteiger partial charge in [-0.25, -0.2) is 9.66 Å². The maximum absolute atomic E-state index is 12.6. The molecule has 2 aromatic carbocycles. The maximum atomic E-state index is 12.6. The molecule has 0 aliphatic rings. The predicted octanol–water partition coefficient (Wildman–Crippen LogP) is 4.25. The number of aryl methyl sites for hydroxylation is 1. The lowest BCUT2D eigenvalue weighted by Crippen LogP contribution is -2.30. The summed E-state index contributed by atoms with van der Waals surface area (Å²) < 4.78 is 2.66. The molecule has 0 spiro atoms. The quantitative estimate of drug-likeness (QED) is 0.624. The van der Waals surface area contributed by atoms with E-state index in [-0.39, 0.29) is 5.56 Å². The largest absolute Gasteiger partial charge is 0.334 e. The number of nitrogens with zero attached hydrogens (tertiary/aromatic N) is 2. The molecule has 0 atom stereocenters. The van der Waals surface area contributed by atoms with E-state index >= 15 is 0 Å². The van der Waals surface area contributed by atoms with Gasteiger partial charge < -0.3 is 5.84 Å². The molecule has 0 saturated heterocycles. The monoisotopic (exact) mass is 435 g/mol. The van der Waals surface area contributed by atoms with E-state index in [1.165, 1.54) is 5.56 Å². The first-order valence-corrected chi connectivity index (χ1v) is 8.86. The first-order chi connectivity index (χ1) is 11.0. The Kier molecular flexibility index (Phi) is 4.55. The fraction of sp³-hybridized carbons (Fsp3) is 0.176. The summed E-state index contributed by atoms with van der Waals surface area (Å²) in [6.07, 6.45) is 2.12. The van der Waals surface area contributed by atoms with Crippen molar-refractivity contribution in [2.24, 2.45) is 0 Å². The van der Waals surface area contributed by atoms with Gasteiger partial charge in [0.05, 0.1) is 10.9 Å². The number of hydrogen-bond acceptors (Lipinski definition) is 3. The lowest BCUT2D eigenvalue weighted by Gasteiger charge is -2.11. The van der Waals surface area contributed by atoms with Gasteiger partial charge in [0.1, 0.15) is 0 Å². The molecule has 0 bridgehead atoms. The lowest BCUT2D eigenvalue weighted by atomic mass is 10.1. The molecule has 4 nitrogen and oxygen atoms in total. The molecule has 0 aliphatic heterocycles. The Labute approximate surface area is 150 Å². The van der Waals surface area contributed by atoms with Gasteiger partial charge >= 0.3 is 0 Å². The minimum absolute atomic E-state index is 0.273. The van der Waals surface area contributed by atoms with Gasteiger partial charge in [0.15, 0.2) is 5.82 Å². The highest BCUT2D eigenvalue weighted by molar-refractivity contribution is 9.11. The Morgan fingerprint density at radius 3 is 2.52 bits per heavy atom. The summed E-state index contributed by atoms with van der Waals surface area (Å²) in [5.41, 5.74) is 2.41. The zero-order valence-corrected chi connectivity index (χ0v) is 15.7. The summed E-state index contributed by atoms with van der Waals surface area (Å²) in [6, 6.07) is 11.6. The number of nitrogen functional groups attached to an aromatic ring is 1. The second kappa shape index (κ2) is 6.45. The van der Waals surface area contributed by atoms with E-state index in [0.29, 0.717) is 16.7 Å². The van der Waals surface area contributed by atoms with Crippen LogP contribution >= 0.6 is 31.9 Å². The third-order valence-corrected chi connectivity index (χ3v) is 4.74. The summed E-state index contributed by atoms with van der Waals surface area (Å²) in [7, 11) is 0. The van der Waals surface area contributed by atoms with Crippen molar-refractivity contribution in [3.8, 4) is 11.4 Å². The Morgan fingerprint density at radius 2 is 1.87 bits per heavy atom. The van der Waals surface area contributed by atoms with Crippen molar-refractivity contribution in [3.63, 3.8) is 0 Å². The second-order valence-electron chi connectivity index (χ2n) is 5.34. The van der Waals surface area contributed by atoms with Gasteiger partial charge in [-0.05, 0) is 40.0 Å². The first-order valence-electron chi connectivity index (χ1n) is 7.27. The average molecular weight is 437 g/mol. The predicted molar refractivity (Wildman–Crippen MR) is 101 cm³/mol. The van der Waals surface area contributed by atoms with Crippen LogP contribution in [0.1, 0.15) is 18.9 Å². The number of fused-ring (bicyclic) bond motifs is 1. The third-order valence-electron chi connectivity index (χ3n) is 3.67. The minimum Gasteiger partial charge on any atom is -0.334 e. The van der Waals surface area contributed by atoms with Gasteiger partial charge in [-0.2, -0.15) is 0 Å². The molecule has 0 aliphatic carbocycles. The minimum atomic E-state index is -0.273. The number of rotatable bonds is 3. The highest BCUT2D eigenvalue weighted by atomic mass is 79.9. The van der Waals surface area contributed by atoms with E-state index in [4.69, 9.17) is 5.84 Å². The van der Waals surface area contributed by atoms with Gasteiger partial charge in [0.25, 0.3) is 5.56 Å². The van der Waals surface area contributed by atoms with Crippen LogP contribution in [0.3, 0.4) is 0 Å². The highest BCUT2D eigenvalue weighted by Gasteiger charge is 2.13. The van der Waals surface area contributed by atoms with E-state index in [9.17, 15) is 4.79 Å². The van der Waals surface area contributed by atoms with Crippen molar-refractivity contribution >= 4 is 42.8 Å². The Balaban J connectivity index is 2.22. The fourth-order valence-corrected chi connectivity index (χ4v) is 3.86. The number of benzene rings is 2. The van der Waals surface area contributed by atoms with E-state index in [0.717, 1.165) is 32.0 Å². The van der Waals surface area contributed by atoms with E-state index in [1.807, 2.05) is 30.3 Å². The highest BCUT2D eigenvalue weighted by Crippen LogP contribution is 2.27. The first kappa shape index (κ1) is 16.2. The normalized spacial score (nSPS) is 11.1. The van der Waals surface area contributed by atoms with Crippen molar-refractivity contribution < 1.29 is 0 Å². The maximum Gasteiger partial charge on any atom is 0.280 e. The van der Waals surface area contributed by atoms with E-state index in [1.54, 1.807) is 6.07 Å². The summed E-state index contributed by atoms with van der Waals surface area (Å²) >= 11 is 6.85. The van der Waals surface area contributed by atoms with Crippen LogP contribution < -0.4 is 11.4 Å². The molecule has 1 aromatic heterocycles. The number of halogens is 2. The van der Waals surface area contributed by atoms with Crippen LogP contribution in [-0.4, -0.2) is 9.66 Å². The van der Waals surface area contributed by atoms with Crippen molar-refractivity contribution in [3.05, 3.63) is 61.3 Å². The van der Waals surface area contributed by atoms with Crippen molar-refractivity contribution in [2.75, 3.05) is 5.84 Å². The topological polar surface area (TPSA) is 60.9 Å². The smallest absolute Gasteiger partial charge is 0.280 e. The summed E-state index contributed by atoms with van der Waals surface area (Å²) in [5.74, 6) is 6.44. The van der Waals surface area contributed by atoms with Gasteiger partial charge in [-0.3, -0.25) is 4.79 Å².